The Kier molecular flexibility index (Phi) is 6.07. The number of hydrazine groups is 1. The summed E-state index contributed by atoms with van der Waals surface area (Å²) in [6, 6.07) is 0.0896. The SMILES string of the molecule is COC1NNC(=O)CC1N1CCN(CC2CCC(F)CC2C)CC1. The lowest BCUT2D eigenvalue weighted by molar-refractivity contribution is -0.134. The quantitative estimate of drug-likeness (QED) is 0.789. The van der Waals surface area contributed by atoms with Gasteiger partial charge in [0.25, 0.3) is 0 Å². The van der Waals surface area contributed by atoms with Crippen molar-refractivity contribution in [3.63, 3.8) is 0 Å². The lowest BCUT2D eigenvalue weighted by atomic mass is 9.79. The molecule has 24 heavy (non-hydrogen) atoms. The Labute approximate surface area is 144 Å². The van der Waals surface area contributed by atoms with Crippen LogP contribution in [0.5, 0.6) is 0 Å². The molecular formula is C17H31FN4O2. The molecule has 2 N–H and O–H groups in total. The molecule has 3 fully saturated rings. The van der Waals surface area contributed by atoms with Crippen molar-refractivity contribution in [2.75, 3.05) is 39.8 Å². The molecule has 138 valence electrons. The number of ether oxygens (including phenoxy) is 1. The third-order valence-electron chi connectivity index (χ3n) is 6.00. The van der Waals surface area contributed by atoms with E-state index in [4.69, 9.17) is 4.74 Å². The highest BCUT2D eigenvalue weighted by Gasteiger charge is 2.36. The molecular weight excluding hydrogens is 311 g/mol. The Morgan fingerprint density at radius 3 is 2.67 bits per heavy atom. The fraction of sp³-hybridized carbons (Fsp3) is 0.941. The first-order valence-electron chi connectivity index (χ1n) is 9.24. The van der Waals surface area contributed by atoms with Crippen molar-refractivity contribution in [1.29, 1.82) is 0 Å². The average molecular weight is 342 g/mol. The maximum absolute atomic E-state index is 13.5. The number of hydrogen-bond acceptors (Lipinski definition) is 5. The van der Waals surface area contributed by atoms with Crippen LogP contribution in [0, 0.1) is 11.8 Å². The monoisotopic (exact) mass is 342 g/mol. The summed E-state index contributed by atoms with van der Waals surface area (Å²) < 4.78 is 18.9. The molecule has 6 nitrogen and oxygen atoms in total. The van der Waals surface area contributed by atoms with Crippen molar-refractivity contribution < 1.29 is 13.9 Å². The normalized spacial score (nSPS) is 39.6. The molecule has 3 aliphatic rings. The summed E-state index contributed by atoms with van der Waals surface area (Å²) in [6.45, 7) is 7.20. The lowest BCUT2D eigenvalue weighted by Crippen LogP contribution is -2.64. The predicted octanol–water partition coefficient (Wildman–Crippen LogP) is 0.744. The fourth-order valence-electron chi connectivity index (χ4n) is 4.41. The first kappa shape index (κ1) is 18.0. The Morgan fingerprint density at radius 2 is 2.00 bits per heavy atom. The molecule has 5 atom stereocenters. The van der Waals surface area contributed by atoms with E-state index in [0.717, 1.165) is 52.0 Å². The smallest absolute Gasteiger partial charge is 0.235 e. The minimum Gasteiger partial charge on any atom is -0.363 e. The second-order valence-electron chi connectivity index (χ2n) is 7.60. The Morgan fingerprint density at radius 1 is 1.25 bits per heavy atom. The highest BCUT2D eigenvalue weighted by atomic mass is 19.1. The number of carbonyl (C=O) groups is 1. The molecule has 5 unspecified atom stereocenters. The van der Waals surface area contributed by atoms with Gasteiger partial charge in [-0.25, -0.2) is 9.82 Å². The highest BCUT2D eigenvalue weighted by Crippen LogP contribution is 2.32. The number of alkyl halides is 1. The number of nitrogens with one attached hydrogen (secondary N) is 2. The van der Waals surface area contributed by atoms with Gasteiger partial charge < -0.3 is 9.64 Å². The highest BCUT2D eigenvalue weighted by molar-refractivity contribution is 5.76. The first-order valence-corrected chi connectivity index (χ1v) is 9.24. The fourth-order valence-corrected chi connectivity index (χ4v) is 4.41. The van der Waals surface area contributed by atoms with Crippen molar-refractivity contribution in [2.45, 2.75) is 51.0 Å². The van der Waals surface area contributed by atoms with E-state index in [2.05, 4.69) is 27.6 Å². The summed E-state index contributed by atoms with van der Waals surface area (Å²) >= 11 is 0. The number of rotatable bonds is 4. The van der Waals surface area contributed by atoms with Crippen molar-refractivity contribution >= 4 is 5.91 Å². The van der Waals surface area contributed by atoms with E-state index in [1.54, 1.807) is 7.11 Å². The summed E-state index contributed by atoms with van der Waals surface area (Å²) in [5, 5.41) is 0. The molecule has 1 saturated carbocycles. The Bertz CT molecular complexity index is 431. The number of hydrogen-bond donors (Lipinski definition) is 2. The van der Waals surface area contributed by atoms with Gasteiger partial charge in [-0.05, 0) is 31.1 Å². The molecule has 0 radical (unpaired) electrons. The van der Waals surface area contributed by atoms with Crippen LogP contribution in [0.1, 0.15) is 32.6 Å². The van der Waals surface area contributed by atoms with E-state index in [0.29, 0.717) is 18.3 Å². The summed E-state index contributed by atoms with van der Waals surface area (Å²) in [4.78, 5) is 16.5. The van der Waals surface area contributed by atoms with Crippen molar-refractivity contribution in [1.82, 2.24) is 20.7 Å². The molecule has 7 heteroatoms. The summed E-state index contributed by atoms with van der Waals surface area (Å²) in [5.41, 5.74) is 5.58. The maximum Gasteiger partial charge on any atom is 0.235 e. The summed E-state index contributed by atoms with van der Waals surface area (Å²) in [6.07, 6.45) is 2.19. The molecule has 3 rings (SSSR count). The first-order chi connectivity index (χ1) is 11.6. The van der Waals surface area contributed by atoms with E-state index in [-0.39, 0.29) is 18.2 Å². The third kappa shape index (κ3) is 4.25. The van der Waals surface area contributed by atoms with Gasteiger partial charge in [-0.15, -0.1) is 0 Å². The van der Waals surface area contributed by atoms with Gasteiger partial charge in [-0.2, -0.15) is 0 Å². The number of methoxy groups -OCH3 is 1. The maximum atomic E-state index is 13.5. The van der Waals surface area contributed by atoms with Crippen LogP contribution in [0.2, 0.25) is 0 Å². The zero-order valence-corrected chi connectivity index (χ0v) is 14.8. The number of carbonyl (C=O) groups excluding carboxylic acids is 1. The van der Waals surface area contributed by atoms with E-state index >= 15 is 0 Å². The average Bonchev–Trinajstić information content (AvgIpc) is 2.58. The van der Waals surface area contributed by atoms with Crippen LogP contribution in [0.15, 0.2) is 0 Å². The van der Waals surface area contributed by atoms with Crippen LogP contribution in [0.3, 0.4) is 0 Å². The van der Waals surface area contributed by atoms with Gasteiger partial charge in [0.2, 0.25) is 5.91 Å². The van der Waals surface area contributed by atoms with Crippen molar-refractivity contribution in [3.05, 3.63) is 0 Å². The van der Waals surface area contributed by atoms with Crippen molar-refractivity contribution in [2.24, 2.45) is 11.8 Å². The molecule has 2 aliphatic heterocycles. The van der Waals surface area contributed by atoms with E-state index in [9.17, 15) is 9.18 Å². The topological polar surface area (TPSA) is 56.8 Å². The van der Waals surface area contributed by atoms with Crippen LogP contribution in [0.4, 0.5) is 4.39 Å². The van der Waals surface area contributed by atoms with Crippen LogP contribution in [-0.4, -0.2) is 74.0 Å². The second-order valence-corrected chi connectivity index (χ2v) is 7.60. The number of amides is 1. The molecule has 0 aromatic carbocycles. The van der Waals surface area contributed by atoms with Gasteiger partial charge in [0.15, 0.2) is 0 Å². The third-order valence-corrected chi connectivity index (χ3v) is 6.00. The molecule has 2 heterocycles. The minimum atomic E-state index is -0.593. The standard InChI is InChI=1S/C17H31FN4O2/c1-12-9-14(18)4-3-13(12)11-21-5-7-22(8-6-21)15-10-16(23)19-20-17(15)24-2/h12-15,17,20H,3-11H2,1-2H3,(H,19,23). The number of nitrogens with zero attached hydrogens (tertiary/aromatic N) is 2. The van der Waals surface area contributed by atoms with E-state index < -0.39 is 6.17 Å². The zero-order chi connectivity index (χ0) is 17.1. The number of halogens is 1. The molecule has 0 spiro atoms. The van der Waals surface area contributed by atoms with E-state index in [1.807, 2.05) is 0 Å². The summed E-state index contributed by atoms with van der Waals surface area (Å²) in [7, 11) is 1.67. The van der Waals surface area contributed by atoms with Gasteiger partial charge >= 0.3 is 0 Å². The van der Waals surface area contributed by atoms with Crippen LogP contribution < -0.4 is 10.9 Å². The molecule has 0 aromatic rings. The van der Waals surface area contributed by atoms with Crippen LogP contribution >= 0.6 is 0 Å². The van der Waals surface area contributed by atoms with Gasteiger partial charge in [0, 0.05) is 46.3 Å². The van der Waals surface area contributed by atoms with Gasteiger partial charge in [-0.3, -0.25) is 15.1 Å². The Balaban J connectivity index is 1.47. The van der Waals surface area contributed by atoms with Gasteiger partial charge in [0.1, 0.15) is 12.4 Å². The zero-order valence-electron chi connectivity index (χ0n) is 14.8. The van der Waals surface area contributed by atoms with Crippen molar-refractivity contribution in [3.8, 4) is 0 Å². The van der Waals surface area contributed by atoms with Gasteiger partial charge in [-0.1, -0.05) is 6.92 Å². The van der Waals surface area contributed by atoms with E-state index in [1.165, 1.54) is 0 Å². The molecule has 1 aliphatic carbocycles. The molecule has 0 aromatic heterocycles. The Hall–Kier alpha value is -0.760. The predicted molar refractivity (Wildman–Crippen MR) is 89.9 cm³/mol. The number of piperazine rings is 1. The minimum absolute atomic E-state index is 0.0209. The largest absolute Gasteiger partial charge is 0.363 e. The molecule has 0 bridgehead atoms. The lowest BCUT2D eigenvalue weighted by Gasteiger charge is -2.44. The van der Waals surface area contributed by atoms with Crippen LogP contribution in [0.25, 0.3) is 0 Å². The molecule has 2 saturated heterocycles. The van der Waals surface area contributed by atoms with Gasteiger partial charge in [0.05, 0.1) is 6.04 Å². The second kappa shape index (κ2) is 8.08. The van der Waals surface area contributed by atoms with Crippen LogP contribution in [-0.2, 0) is 9.53 Å². The molecule has 1 amide bonds. The summed E-state index contributed by atoms with van der Waals surface area (Å²) in [5.74, 6) is 1.13.